The first kappa shape index (κ1) is 12.0. The van der Waals surface area contributed by atoms with Gasteiger partial charge in [-0.15, -0.1) is 0 Å². The van der Waals surface area contributed by atoms with Gasteiger partial charge in [0.15, 0.2) is 0 Å². The molecule has 1 aliphatic heterocycles. The summed E-state index contributed by atoms with van der Waals surface area (Å²) >= 11 is 0. The van der Waals surface area contributed by atoms with Crippen LogP contribution < -0.4 is 10.5 Å². The molecule has 0 spiro atoms. The van der Waals surface area contributed by atoms with E-state index in [2.05, 4.69) is 23.1 Å². The smallest absolute Gasteiger partial charge is 0.122 e. The Kier molecular flexibility index (Phi) is 3.27. The number of ether oxygens (including phenoxy) is 1. The zero-order valence-corrected chi connectivity index (χ0v) is 11.1. The summed E-state index contributed by atoms with van der Waals surface area (Å²) in [4.78, 5) is 2.51. The average molecular weight is 246 g/mol. The predicted molar refractivity (Wildman–Crippen MR) is 73.0 cm³/mol. The molecule has 3 rings (SSSR count). The molecular formula is C15H22N2O. The van der Waals surface area contributed by atoms with Crippen molar-refractivity contribution in [2.45, 2.75) is 18.8 Å². The van der Waals surface area contributed by atoms with Crippen molar-refractivity contribution in [3.63, 3.8) is 0 Å². The maximum atomic E-state index is 5.68. The van der Waals surface area contributed by atoms with Crippen molar-refractivity contribution in [1.82, 2.24) is 4.90 Å². The summed E-state index contributed by atoms with van der Waals surface area (Å²) in [5.41, 5.74) is 8.64. The van der Waals surface area contributed by atoms with E-state index in [1.807, 2.05) is 0 Å². The Labute approximate surface area is 109 Å². The first-order valence-electron chi connectivity index (χ1n) is 6.91. The molecule has 1 heterocycles. The van der Waals surface area contributed by atoms with Gasteiger partial charge in [-0.1, -0.05) is 12.1 Å². The monoisotopic (exact) mass is 246 g/mol. The van der Waals surface area contributed by atoms with E-state index in [0.717, 1.165) is 31.3 Å². The number of methoxy groups -OCH3 is 1. The van der Waals surface area contributed by atoms with Crippen LogP contribution in [0.2, 0.25) is 0 Å². The topological polar surface area (TPSA) is 38.5 Å². The van der Waals surface area contributed by atoms with Gasteiger partial charge in [0.25, 0.3) is 0 Å². The van der Waals surface area contributed by atoms with Gasteiger partial charge in [0.1, 0.15) is 5.75 Å². The SMILES string of the molecule is COc1cccc2c1[C@H]1CN(CCN)C[C@H]1CC2. The minimum Gasteiger partial charge on any atom is -0.496 e. The molecule has 0 bridgehead atoms. The molecular weight excluding hydrogens is 224 g/mol. The third kappa shape index (κ3) is 1.91. The summed E-state index contributed by atoms with van der Waals surface area (Å²) < 4.78 is 5.57. The van der Waals surface area contributed by atoms with Crippen LogP contribution in [0.4, 0.5) is 0 Å². The largest absolute Gasteiger partial charge is 0.496 e. The predicted octanol–water partition coefficient (Wildman–Crippen LogP) is 1.62. The molecule has 18 heavy (non-hydrogen) atoms. The van der Waals surface area contributed by atoms with Crippen molar-refractivity contribution in [1.29, 1.82) is 0 Å². The summed E-state index contributed by atoms with van der Waals surface area (Å²) in [5, 5.41) is 0. The van der Waals surface area contributed by atoms with Gasteiger partial charge in [-0.25, -0.2) is 0 Å². The van der Waals surface area contributed by atoms with Gasteiger partial charge >= 0.3 is 0 Å². The van der Waals surface area contributed by atoms with E-state index < -0.39 is 0 Å². The fraction of sp³-hybridized carbons (Fsp3) is 0.600. The van der Waals surface area contributed by atoms with E-state index in [4.69, 9.17) is 10.5 Å². The van der Waals surface area contributed by atoms with Crippen molar-refractivity contribution in [2.24, 2.45) is 11.7 Å². The van der Waals surface area contributed by atoms with Crippen LogP contribution in [0.1, 0.15) is 23.5 Å². The molecule has 0 saturated carbocycles. The number of hydrogen-bond donors (Lipinski definition) is 1. The van der Waals surface area contributed by atoms with Gasteiger partial charge in [0.2, 0.25) is 0 Å². The van der Waals surface area contributed by atoms with Crippen LogP contribution in [0.5, 0.6) is 5.75 Å². The quantitative estimate of drug-likeness (QED) is 0.880. The summed E-state index contributed by atoms with van der Waals surface area (Å²) in [5.74, 6) is 2.52. The van der Waals surface area contributed by atoms with Crippen molar-refractivity contribution < 1.29 is 4.74 Å². The Bertz CT molecular complexity index is 418. The number of benzene rings is 1. The second-order valence-electron chi connectivity index (χ2n) is 5.49. The second kappa shape index (κ2) is 4.90. The summed E-state index contributed by atoms with van der Waals surface area (Å²) in [7, 11) is 1.78. The van der Waals surface area contributed by atoms with Gasteiger partial charge < -0.3 is 15.4 Å². The second-order valence-corrected chi connectivity index (χ2v) is 5.49. The molecule has 2 atom stereocenters. The number of likely N-dealkylation sites (tertiary alicyclic amines) is 1. The highest BCUT2D eigenvalue weighted by Gasteiger charge is 2.38. The van der Waals surface area contributed by atoms with E-state index in [9.17, 15) is 0 Å². The van der Waals surface area contributed by atoms with Crippen LogP contribution >= 0.6 is 0 Å². The number of fused-ring (bicyclic) bond motifs is 3. The Balaban J connectivity index is 1.92. The standard InChI is InChI=1S/C15H22N2O/c1-18-14-4-2-3-11-5-6-12-9-17(8-7-16)10-13(12)15(11)14/h2-4,12-13H,5-10,16H2,1H3/t12-,13+/m1/s1. The molecule has 1 aromatic rings. The fourth-order valence-corrected chi connectivity index (χ4v) is 3.69. The van der Waals surface area contributed by atoms with Gasteiger partial charge in [-0.3, -0.25) is 0 Å². The van der Waals surface area contributed by atoms with Crippen LogP contribution in [0.3, 0.4) is 0 Å². The van der Waals surface area contributed by atoms with Gasteiger partial charge in [-0.2, -0.15) is 0 Å². The first-order chi connectivity index (χ1) is 8.83. The highest BCUT2D eigenvalue weighted by Crippen LogP contribution is 2.45. The molecule has 0 aromatic heterocycles. The fourth-order valence-electron chi connectivity index (χ4n) is 3.69. The minimum atomic E-state index is 0.649. The Morgan fingerprint density at radius 3 is 3.06 bits per heavy atom. The Morgan fingerprint density at radius 2 is 2.28 bits per heavy atom. The van der Waals surface area contributed by atoms with E-state index in [1.165, 1.54) is 30.5 Å². The summed E-state index contributed by atoms with van der Waals surface area (Å²) in [6.45, 7) is 4.14. The molecule has 2 aliphatic rings. The lowest BCUT2D eigenvalue weighted by Crippen LogP contribution is -2.27. The minimum absolute atomic E-state index is 0.649. The third-order valence-electron chi connectivity index (χ3n) is 4.49. The molecule has 0 amide bonds. The molecule has 98 valence electrons. The average Bonchev–Trinajstić information content (AvgIpc) is 2.81. The lowest BCUT2D eigenvalue weighted by molar-refractivity contribution is 0.330. The van der Waals surface area contributed by atoms with Crippen LogP contribution in [-0.2, 0) is 6.42 Å². The molecule has 3 heteroatoms. The maximum Gasteiger partial charge on any atom is 0.122 e. The van der Waals surface area contributed by atoms with E-state index in [0.29, 0.717) is 5.92 Å². The zero-order chi connectivity index (χ0) is 12.5. The molecule has 0 unspecified atom stereocenters. The summed E-state index contributed by atoms with van der Waals surface area (Å²) in [6, 6.07) is 6.48. The number of nitrogens with zero attached hydrogens (tertiary/aromatic N) is 1. The number of rotatable bonds is 3. The third-order valence-corrected chi connectivity index (χ3v) is 4.49. The summed E-state index contributed by atoms with van der Waals surface area (Å²) in [6.07, 6.45) is 2.51. The van der Waals surface area contributed by atoms with Crippen LogP contribution in [-0.4, -0.2) is 38.2 Å². The van der Waals surface area contributed by atoms with Crippen LogP contribution in [0.15, 0.2) is 18.2 Å². The molecule has 1 fully saturated rings. The van der Waals surface area contributed by atoms with E-state index >= 15 is 0 Å². The molecule has 1 aliphatic carbocycles. The van der Waals surface area contributed by atoms with Gasteiger partial charge in [-0.05, 0) is 30.4 Å². The van der Waals surface area contributed by atoms with Crippen LogP contribution in [0, 0.1) is 5.92 Å². The first-order valence-corrected chi connectivity index (χ1v) is 6.91. The van der Waals surface area contributed by atoms with E-state index in [-0.39, 0.29) is 0 Å². The Hall–Kier alpha value is -1.06. The zero-order valence-electron chi connectivity index (χ0n) is 11.1. The molecule has 2 N–H and O–H groups in total. The maximum absolute atomic E-state index is 5.68. The molecule has 0 radical (unpaired) electrons. The Morgan fingerprint density at radius 1 is 1.39 bits per heavy atom. The van der Waals surface area contributed by atoms with Crippen molar-refractivity contribution in [3.8, 4) is 5.75 Å². The number of aryl methyl sites for hydroxylation is 1. The molecule has 1 saturated heterocycles. The normalized spacial score (nSPS) is 26.8. The lowest BCUT2D eigenvalue weighted by Gasteiger charge is -2.28. The highest BCUT2D eigenvalue weighted by atomic mass is 16.5. The number of hydrogen-bond acceptors (Lipinski definition) is 3. The van der Waals surface area contributed by atoms with Gasteiger partial charge in [0, 0.05) is 37.7 Å². The lowest BCUT2D eigenvalue weighted by atomic mass is 9.76. The van der Waals surface area contributed by atoms with Gasteiger partial charge in [0.05, 0.1) is 7.11 Å². The molecule has 1 aromatic carbocycles. The highest BCUT2D eigenvalue weighted by molar-refractivity contribution is 5.45. The molecule has 3 nitrogen and oxygen atoms in total. The number of nitrogens with two attached hydrogens (primary N) is 1. The van der Waals surface area contributed by atoms with Crippen molar-refractivity contribution in [3.05, 3.63) is 29.3 Å². The van der Waals surface area contributed by atoms with Crippen LogP contribution in [0.25, 0.3) is 0 Å². The van der Waals surface area contributed by atoms with E-state index in [1.54, 1.807) is 7.11 Å². The van der Waals surface area contributed by atoms with Crippen molar-refractivity contribution >= 4 is 0 Å². The van der Waals surface area contributed by atoms with Crippen molar-refractivity contribution in [2.75, 3.05) is 33.3 Å².